The van der Waals surface area contributed by atoms with E-state index in [0.29, 0.717) is 18.5 Å². The molecule has 1 aliphatic heterocycles. The Bertz CT molecular complexity index is 1190. The lowest BCUT2D eigenvalue weighted by atomic mass is 9.89. The van der Waals surface area contributed by atoms with Crippen molar-refractivity contribution in [3.05, 3.63) is 28.3 Å². The average molecular weight is 596 g/mol. The fourth-order valence-corrected chi connectivity index (χ4v) is 4.03. The number of carbonyl (C=O) groups is 3. The van der Waals surface area contributed by atoms with Gasteiger partial charge in [0.15, 0.2) is 0 Å². The van der Waals surface area contributed by atoms with Gasteiger partial charge >= 0.3 is 12.2 Å². The Kier molecular flexibility index (Phi) is 11.7. The van der Waals surface area contributed by atoms with Crippen LogP contribution in [0.25, 0.3) is 0 Å². The second-order valence-corrected chi connectivity index (χ2v) is 12.2. The van der Waals surface area contributed by atoms with Crippen molar-refractivity contribution in [3.63, 3.8) is 0 Å². The average Bonchev–Trinajstić information content (AvgIpc) is 2.82. The molecule has 1 aliphatic rings. The van der Waals surface area contributed by atoms with Crippen molar-refractivity contribution in [2.45, 2.75) is 97.2 Å². The van der Waals surface area contributed by atoms with E-state index in [1.807, 2.05) is 0 Å². The highest BCUT2D eigenvalue weighted by atomic mass is 16.6. The predicted octanol–water partition coefficient (Wildman–Crippen LogP) is 1.29. The first-order valence-corrected chi connectivity index (χ1v) is 13.8. The molecular weight excluding hydrogens is 550 g/mol. The van der Waals surface area contributed by atoms with Crippen LogP contribution in [-0.4, -0.2) is 80.8 Å². The van der Waals surface area contributed by atoms with E-state index >= 15 is 0 Å². The summed E-state index contributed by atoms with van der Waals surface area (Å²) in [5, 5.41) is 33.3. The van der Waals surface area contributed by atoms with Gasteiger partial charge in [0.2, 0.25) is 11.9 Å². The summed E-state index contributed by atoms with van der Waals surface area (Å²) in [5.41, 5.74) is -1.69. The van der Waals surface area contributed by atoms with Crippen molar-refractivity contribution < 1.29 is 34.1 Å². The van der Waals surface area contributed by atoms with E-state index in [9.17, 15) is 29.4 Å². The molecular formula is C27H45N7O8. The third-order valence-corrected chi connectivity index (χ3v) is 5.90. The fraction of sp³-hybridized carbons (Fsp3) is 0.667. The molecule has 0 aromatic carbocycles. The summed E-state index contributed by atoms with van der Waals surface area (Å²) >= 11 is 0. The van der Waals surface area contributed by atoms with Gasteiger partial charge in [0.25, 0.3) is 5.56 Å². The minimum absolute atomic E-state index is 0.130. The molecule has 0 saturated carbocycles. The number of hydrogen-bond donors (Lipinski definition) is 8. The lowest BCUT2D eigenvalue weighted by molar-refractivity contribution is -0.118. The van der Waals surface area contributed by atoms with Crippen LogP contribution in [0.4, 0.5) is 21.4 Å². The van der Waals surface area contributed by atoms with Crippen molar-refractivity contribution in [1.82, 2.24) is 25.9 Å². The number of ether oxygens (including phenoxy) is 2. The number of nitrogens with one attached hydrogen (secondary N) is 6. The highest BCUT2D eigenvalue weighted by molar-refractivity contribution is 5.95. The highest BCUT2D eigenvalue weighted by Gasteiger charge is 2.31. The highest BCUT2D eigenvalue weighted by Crippen LogP contribution is 2.24. The minimum Gasteiger partial charge on any atom is -0.444 e. The number of alkyl carbamates (subject to hydrolysis) is 2. The fourth-order valence-electron chi connectivity index (χ4n) is 4.03. The maximum absolute atomic E-state index is 13.2. The first kappa shape index (κ1) is 34.4. The van der Waals surface area contributed by atoms with Gasteiger partial charge in [0.05, 0.1) is 17.8 Å². The van der Waals surface area contributed by atoms with Gasteiger partial charge in [0, 0.05) is 19.0 Å². The first-order chi connectivity index (χ1) is 19.3. The Labute approximate surface area is 245 Å². The molecule has 0 aliphatic carbocycles. The molecule has 0 fully saturated rings. The van der Waals surface area contributed by atoms with Gasteiger partial charge in [0.1, 0.15) is 28.9 Å². The number of fused-ring (bicyclic) bond motifs is 1. The number of nitrogens with zero attached hydrogens (tertiary/aromatic N) is 1. The topological polar surface area (TPSA) is 216 Å². The SMILES string of the molecule is C=C(NCCC[C@H](NC(=O)OC(C)(C)C)C(=O)Nc1nc2c(c(=O)[nH]1)CC([C@@H](O)[C@H](C)O)CN2)NC(=O)OC(C)(C)C. The van der Waals surface area contributed by atoms with Crippen LogP contribution in [0.3, 0.4) is 0 Å². The molecule has 0 saturated heterocycles. The van der Waals surface area contributed by atoms with Crippen molar-refractivity contribution in [2.24, 2.45) is 5.92 Å². The molecule has 2 rings (SSSR count). The maximum Gasteiger partial charge on any atom is 0.413 e. The lowest BCUT2D eigenvalue weighted by Gasteiger charge is -2.30. The molecule has 4 atom stereocenters. The van der Waals surface area contributed by atoms with Crippen LogP contribution in [0, 0.1) is 5.92 Å². The van der Waals surface area contributed by atoms with E-state index < -0.39 is 59.0 Å². The molecule has 3 amide bonds. The summed E-state index contributed by atoms with van der Waals surface area (Å²) < 4.78 is 10.5. The van der Waals surface area contributed by atoms with E-state index in [1.54, 1.807) is 41.5 Å². The van der Waals surface area contributed by atoms with E-state index in [2.05, 4.69) is 43.1 Å². The van der Waals surface area contributed by atoms with Crippen LogP contribution in [-0.2, 0) is 20.7 Å². The number of aliphatic hydroxyl groups excluding tert-OH is 2. The quantitative estimate of drug-likeness (QED) is 0.171. The summed E-state index contributed by atoms with van der Waals surface area (Å²) in [5.74, 6) is -0.716. The Morgan fingerprint density at radius 2 is 1.71 bits per heavy atom. The lowest BCUT2D eigenvalue weighted by Crippen LogP contribution is -2.46. The van der Waals surface area contributed by atoms with Gasteiger partial charge in [-0.15, -0.1) is 0 Å². The Morgan fingerprint density at radius 3 is 2.31 bits per heavy atom. The van der Waals surface area contributed by atoms with Crippen LogP contribution in [0.5, 0.6) is 0 Å². The molecule has 236 valence electrons. The Hall–Kier alpha value is -3.85. The number of amides is 3. The van der Waals surface area contributed by atoms with Gasteiger partial charge in [-0.2, -0.15) is 4.98 Å². The third-order valence-electron chi connectivity index (χ3n) is 5.90. The zero-order chi connectivity index (χ0) is 31.8. The van der Waals surface area contributed by atoms with Crippen molar-refractivity contribution in [3.8, 4) is 0 Å². The van der Waals surface area contributed by atoms with Gasteiger partial charge in [-0.1, -0.05) is 6.58 Å². The molecule has 1 unspecified atom stereocenters. The molecule has 42 heavy (non-hydrogen) atoms. The third kappa shape index (κ3) is 11.6. The van der Waals surface area contributed by atoms with E-state index in [-0.39, 0.29) is 37.0 Å². The van der Waals surface area contributed by atoms with Crippen molar-refractivity contribution >= 4 is 29.9 Å². The van der Waals surface area contributed by atoms with Crippen LogP contribution < -0.4 is 32.1 Å². The second kappa shape index (κ2) is 14.4. The largest absolute Gasteiger partial charge is 0.444 e. The van der Waals surface area contributed by atoms with Crippen LogP contribution in [0.15, 0.2) is 17.2 Å². The van der Waals surface area contributed by atoms with Crippen LogP contribution in [0.1, 0.15) is 66.9 Å². The van der Waals surface area contributed by atoms with Crippen LogP contribution in [0.2, 0.25) is 0 Å². The molecule has 1 aromatic heterocycles. The van der Waals surface area contributed by atoms with Gasteiger partial charge < -0.3 is 35.6 Å². The number of aromatic nitrogens is 2. The molecule has 0 bridgehead atoms. The Morgan fingerprint density at radius 1 is 1.10 bits per heavy atom. The second-order valence-electron chi connectivity index (χ2n) is 12.2. The molecule has 15 heteroatoms. The molecule has 2 heterocycles. The van der Waals surface area contributed by atoms with E-state index in [4.69, 9.17) is 9.47 Å². The number of carbonyl (C=O) groups excluding carboxylic acids is 3. The Balaban J connectivity index is 2.05. The molecule has 0 spiro atoms. The molecule has 1 aromatic rings. The smallest absolute Gasteiger partial charge is 0.413 e. The summed E-state index contributed by atoms with van der Waals surface area (Å²) in [6.07, 6.45) is -2.75. The zero-order valence-electron chi connectivity index (χ0n) is 25.3. The van der Waals surface area contributed by atoms with Gasteiger partial charge in [-0.3, -0.25) is 25.2 Å². The van der Waals surface area contributed by atoms with Crippen LogP contribution >= 0.6 is 0 Å². The van der Waals surface area contributed by atoms with Crippen molar-refractivity contribution in [1.29, 1.82) is 0 Å². The normalized spacial score (nSPS) is 16.9. The molecule has 0 radical (unpaired) electrons. The monoisotopic (exact) mass is 595 g/mol. The number of aliphatic hydroxyl groups is 2. The van der Waals surface area contributed by atoms with Gasteiger partial charge in [-0.25, -0.2) is 9.59 Å². The maximum atomic E-state index is 13.2. The number of rotatable bonds is 11. The standard InChI is InChI=1S/C27H45N7O8/c1-14(35)19(36)16-12-17-20(29-13-16)32-23(33-21(17)37)34-22(38)18(31-25(40)42-27(6,7)8)10-9-11-28-15(2)30-24(39)41-26(3,4)5/h14,16,18-19,28,35-36H,2,9-13H2,1,3-8H3,(H,30,39)(H,31,40)(H3,29,32,33,34,37,38)/t14-,16?,18-,19-/m0/s1. The molecule has 8 N–H and O–H groups in total. The number of H-pyrrole nitrogens is 1. The number of aromatic amines is 1. The predicted molar refractivity (Wildman–Crippen MR) is 156 cm³/mol. The molecule has 15 nitrogen and oxygen atoms in total. The zero-order valence-corrected chi connectivity index (χ0v) is 25.3. The summed E-state index contributed by atoms with van der Waals surface area (Å²) in [7, 11) is 0. The van der Waals surface area contributed by atoms with Crippen molar-refractivity contribution in [2.75, 3.05) is 23.7 Å². The minimum atomic E-state index is -1.06. The van der Waals surface area contributed by atoms with Gasteiger partial charge in [-0.05, 0) is 67.7 Å². The first-order valence-electron chi connectivity index (χ1n) is 13.8. The number of anilines is 2. The van der Waals surface area contributed by atoms with E-state index in [1.165, 1.54) is 6.92 Å². The number of hydrogen-bond acceptors (Lipinski definition) is 11. The summed E-state index contributed by atoms with van der Waals surface area (Å²) in [4.78, 5) is 57.1. The van der Waals surface area contributed by atoms with E-state index in [0.717, 1.165) is 0 Å². The summed E-state index contributed by atoms with van der Waals surface area (Å²) in [6, 6.07) is -1.06. The summed E-state index contributed by atoms with van der Waals surface area (Å²) in [6.45, 7) is 16.0.